The molecule has 0 aromatic heterocycles. The van der Waals surface area contributed by atoms with Crippen molar-refractivity contribution in [3.8, 4) is 0 Å². The Morgan fingerprint density at radius 1 is 1.17 bits per heavy atom. The van der Waals surface area contributed by atoms with Crippen molar-refractivity contribution in [2.24, 2.45) is 0 Å². The van der Waals surface area contributed by atoms with E-state index in [2.05, 4.69) is 5.32 Å². The lowest BCUT2D eigenvalue weighted by molar-refractivity contribution is -0.384. The number of amides is 1. The fourth-order valence-corrected chi connectivity index (χ4v) is 4.35. The van der Waals surface area contributed by atoms with Crippen LogP contribution in [-0.2, 0) is 14.8 Å². The van der Waals surface area contributed by atoms with Crippen LogP contribution >= 0.6 is 0 Å². The molecule has 29 heavy (non-hydrogen) atoms. The van der Waals surface area contributed by atoms with Crippen molar-refractivity contribution in [1.29, 1.82) is 0 Å². The van der Waals surface area contributed by atoms with Gasteiger partial charge in [0.15, 0.2) is 0 Å². The molecular weight excluding hydrogens is 394 g/mol. The normalized spacial score (nSPS) is 12.3. The zero-order valence-electron chi connectivity index (χ0n) is 17.1. The molecule has 2 rings (SSSR count). The molecule has 0 aliphatic rings. The van der Waals surface area contributed by atoms with Crippen LogP contribution in [0.2, 0.25) is 0 Å². The fourth-order valence-electron chi connectivity index (χ4n) is 3.09. The summed E-state index contributed by atoms with van der Waals surface area (Å²) >= 11 is 0. The standard InChI is InChI=1S/C20H25N3O5S/c1-6-18(20(24)21-17-9-7-8-13(2)15(17)4)22(29(5,27)28)19-12-16(23(25)26)11-10-14(19)3/h7-12,18H,6H2,1-5H3,(H,21,24). The van der Waals surface area contributed by atoms with Crippen LogP contribution in [0, 0.1) is 30.9 Å². The van der Waals surface area contributed by atoms with Crippen molar-refractivity contribution in [1.82, 2.24) is 0 Å². The summed E-state index contributed by atoms with van der Waals surface area (Å²) in [5, 5.41) is 14.0. The number of nitro benzene ring substituents is 1. The van der Waals surface area contributed by atoms with Crippen molar-refractivity contribution in [2.45, 2.75) is 40.2 Å². The van der Waals surface area contributed by atoms with Gasteiger partial charge < -0.3 is 5.32 Å². The van der Waals surface area contributed by atoms with E-state index in [0.717, 1.165) is 21.7 Å². The Balaban J connectivity index is 2.53. The quantitative estimate of drug-likeness (QED) is 0.543. The van der Waals surface area contributed by atoms with Crippen LogP contribution in [0.1, 0.15) is 30.0 Å². The number of anilines is 2. The number of nitrogens with one attached hydrogen (secondary N) is 1. The van der Waals surface area contributed by atoms with E-state index in [1.165, 1.54) is 18.2 Å². The maximum Gasteiger partial charge on any atom is 0.271 e. The third kappa shape index (κ3) is 4.92. The van der Waals surface area contributed by atoms with Crippen molar-refractivity contribution >= 4 is 33.0 Å². The summed E-state index contributed by atoms with van der Waals surface area (Å²) in [4.78, 5) is 23.6. The first kappa shape index (κ1) is 22.4. The molecule has 0 saturated carbocycles. The number of nitrogens with zero attached hydrogens (tertiary/aromatic N) is 2. The van der Waals surface area contributed by atoms with Gasteiger partial charge in [0, 0.05) is 17.8 Å². The highest BCUT2D eigenvalue weighted by molar-refractivity contribution is 7.92. The molecule has 2 aromatic rings. The number of hydrogen-bond acceptors (Lipinski definition) is 5. The maximum absolute atomic E-state index is 13.0. The number of carbonyl (C=O) groups is 1. The first-order valence-corrected chi connectivity index (χ1v) is 10.9. The van der Waals surface area contributed by atoms with Crippen LogP contribution in [0.5, 0.6) is 0 Å². The molecule has 0 aliphatic heterocycles. The van der Waals surface area contributed by atoms with E-state index < -0.39 is 26.9 Å². The Hall–Kier alpha value is -2.94. The second-order valence-electron chi connectivity index (χ2n) is 6.95. The van der Waals surface area contributed by atoms with Crippen molar-refractivity contribution in [3.63, 3.8) is 0 Å². The van der Waals surface area contributed by atoms with Gasteiger partial charge in [0.25, 0.3) is 5.69 Å². The van der Waals surface area contributed by atoms with Gasteiger partial charge in [0.05, 0.1) is 16.9 Å². The molecule has 0 fully saturated rings. The predicted octanol–water partition coefficient (Wildman–Crippen LogP) is 3.70. The van der Waals surface area contributed by atoms with Gasteiger partial charge in [-0.3, -0.25) is 19.2 Å². The van der Waals surface area contributed by atoms with Gasteiger partial charge in [-0.1, -0.05) is 25.1 Å². The summed E-state index contributed by atoms with van der Waals surface area (Å²) < 4.78 is 26.2. The van der Waals surface area contributed by atoms with Gasteiger partial charge in [0.1, 0.15) is 6.04 Å². The first-order chi connectivity index (χ1) is 13.5. The van der Waals surface area contributed by atoms with Crippen LogP contribution in [0.25, 0.3) is 0 Å². The second-order valence-corrected chi connectivity index (χ2v) is 8.81. The maximum atomic E-state index is 13.0. The average Bonchev–Trinajstić information content (AvgIpc) is 2.63. The highest BCUT2D eigenvalue weighted by atomic mass is 32.2. The Morgan fingerprint density at radius 2 is 1.83 bits per heavy atom. The Morgan fingerprint density at radius 3 is 2.38 bits per heavy atom. The van der Waals surface area contributed by atoms with Crippen LogP contribution in [0.4, 0.5) is 17.1 Å². The SMILES string of the molecule is CCC(C(=O)Nc1cccc(C)c1C)N(c1cc([N+](=O)[O-])ccc1C)S(C)(=O)=O. The number of rotatable bonds is 7. The molecule has 0 spiro atoms. The second kappa shape index (κ2) is 8.60. The van der Waals surface area contributed by atoms with Gasteiger partial charge in [-0.2, -0.15) is 0 Å². The Kier molecular flexibility index (Phi) is 6.63. The van der Waals surface area contributed by atoms with E-state index in [4.69, 9.17) is 0 Å². The Bertz CT molecular complexity index is 1050. The average molecular weight is 420 g/mol. The van der Waals surface area contributed by atoms with E-state index in [0.29, 0.717) is 11.3 Å². The summed E-state index contributed by atoms with van der Waals surface area (Å²) in [5.74, 6) is -0.502. The highest BCUT2D eigenvalue weighted by Gasteiger charge is 2.33. The molecule has 2 aromatic carbocycles. The molecule has 0 heterocycles. The molecule has 9 heteroatoms. The lowest BCUT2D eigenvalue weighted by Crippen LogP contribution is -2.47. The first-order valence-electron chi connectivity index (χ1n) is 9.08. The summed E-state index contributed by atoms with van der Waals surface area (Å²) in [6, 6.07) is 8.36. The van der Waals surface area contributed by atoms with E-state index in [1.54, 1.807) is 26.0 Å². The van der Waals surface area contributed by atoms with E-state index >= 15 is 0 Å². The largest absolute Gasteiger partial charge is 0.324 e. The topological polar surface area (TPSA) is 110 Å². The number of sulfonamides is 1. The zero-order valence-corrected chi connectivity index (χ0v) is 17.9. The molecule has 156 valence electrons. The van der Waals surface area contributed by atoms with Gasteiger partial charge in [-0.05, 0) is 49.9 Å². The van der Waals surface area contributed by atoms with E-state index in [1.807, 2.05) is 19.9 Å². The highest BCUT2D eigenvalue weighted by Crippen LogP contribution is 2.30. The summed E-state index contributed by atoms with van der Waals surface area (Å²) in [6.45, 7) is 7.12. The molecule has 1 amide bonds. The number of non-ortho nitro benzene ring substituents is 1. The van der Waals surface area contributed by atoms with Crippen LogP contribution < -0.4 is 9.62 Å². The van der Waals surface area contributed by atoms with Crippen LogP contribution in [0.3, 0.4) is 0 Å². The third-order valence-electron chi connectivity index (χ3n) is 4.83. The van der Waals surface area contributed by atoms with E-state index in [-0.39, 0.29) is 17.8 Å². The molecule has 1 unspecified atom stereocenters. The molecular formula is C20H25N3O5S. The van der Waals surface area contributed by atoms with Gasteiger partial charge in [-0.25, -0.2) is 8.42 Å². The molecule has 8 nitrogen and oxygen atoms in total. The molecule has 0 bridgehead atoms. The summed E-state index contributed by atoms with van der Waals surface area (Å²) in [7, 11) is -3.90. The molecule has 0 radical (unpaired) electrons. The minimum Gasteiger partial charge on any atom is -0.324 e. The van der Waals surface area contributed by atoms with Crippen molar-refractivity contribution in [2.75, 3.05) is 15.9 Å². The lowest BCUT2D eigenvalue weighted by Gasteiger charge is -2.31. The van der Waals surface area contributed by atoms with Crippen LogP contribution in [-0.4, -0.2) is 31.5 Å². The number of nitro groups is 1. The number of benzene rings is 2. The number of aryl methyl sites for hydroxylation is 2. The van der Waals surface area contributed by atoms with Crippen molar-refractivity contribution < 1.29 is 18.1 Å². The smallest absolute Gasteiger partial charge is 0.271 e. The van der Waals surface area contributed by atoms with Crippen molar-refractivity contribution in [3.05, 3.63) is 63.2 Å². The predicted molar refractivity (Wildman–Crippen MR) is 114 cm³/mol. The number of hydrogen-bond donors (Lipinski definition) is 1. The summed E-state index contributed by atoms with van der Waals surface area (Å²) in [5.41, 5.74) is 2.85. The molecule has 0 saturated heterocycles. The third-order valence-corrected chi connectivity index (χ3v) is 6.00. The van der Waals surface area contributed by atoms with Gasteiger partial charge in [-0.15, -0.1) is 0 Å². The molecule has 0 aliphatic carbocycles. The van der Waals surface area contributed by atoms with E-state index in [9.17, 15) is 23.3 Å². The summed E-state index contributed by atoms with van der Waals surface area (Å²) in [6.07, 6.45) is 1.17. The lowest BCUT2D eigenvalue weighted by atomic mass is 10.1. The molecule has 1 atom stereocenters. The monoisotopic (exact) mass is 419 g/mol. The Labute approximate surface area is 170 Å². The van der Waals surface area contributed by atoms with Gasteiger partial charge >= 0.3 is 0 Å². The van der Waals surface area contributed by atoms with Gasteiger partial charge in [0.2, 0.25) is 15.9 Å². The number of carbonyl (C=O) groups excluding carboxylic acids is 1. The molecule has 1 N–H and O–H groups in total. The fraction of sp³-hybridized carbons (Fsp3) is 0.350. The minimum absolute atomic E-state index is 0.115. The van der Waals surface area contributed by atoms with Crippen LogP contribution in [0.15, 0.2) is 36.4 Å². The zero-order chi connectivity index (χ0) is 21.9. The minimum atomic E-state index is -3.90.